The third-order valence-corrected chi connectivity index (χ3v) is 9.31. The molecule has 4 rings (SSSR count). The van der Waals surface area contributed by atoms with E-state index in [-0.39, 0.29) is 0 Å². The highest BCUT2D eigenvalue weighted by atomic mass is 35.5. The SMILES string of the molecule is Clc1cccc(C[P+](c2ccccc2)(c2ccccc2)c2ccccc2)n1. The van der Waals surface area contributed by atoms with Gasteiger partial charge in [-0.2, -0.15) is 0 Å². The van der Waals surface area contributed by atoms with Gasteiger partial charge in [-0.1, -0.05) is 72.3 Å². The Kier molecular flexibility index (Phi) is 5.34. The molecule has 0 unspecified atom stereocenters. The summed E-state index contributed by atoms with van der Waals surface area (Å²) in [5, 5.41) is 4.59. The van der Waals surface area contributed by atoms with Gasteiger partial charge in [-0.05, 0) is 48.5 Å². The van der Waals surface area contributed by atoms with E-state index in [0.717, 1.165) is 11.9 Å². The van der Waals surface area contributed by atoms with Gasteiger partial charge in [-0.3, -0.25) is 0 Å². The maximum atomic E-state index is 6.21. The van der Waals surface area contributed by atoms with Crippen molar-refractivity contribution in [1.29, 1.82) is 0 Å². The molecule has 0 aliphatic carbocycles. The lowest BCUT2D eigenvalue weighted by atomic mass is 10.3. The second-order valence-electron chi connectivity index (χ2n) is 6.43. The molecule has 1 heterocycles. The fourth-order valence-electron chi connectivity index (χ4n) is 3.55. The fraction of sp³-hybridized carbons (Fsp3) is 0.0417. The summed E-state index contributed by atoms with van der Waals surface area (Å²) in [5.74, 6) is 0. The molecule has 0 aliphatic heterocycles. The summed E-state index contributed by atoms with van der Waals surface area (Å²) in [6.07, 6.45) is 0.839. The minimum Gasteiger partial charge on any atom is -0.237 e. The summed E-state index contributed by atoms with van der Waals surface area (Å²) in [6.45, 7) is 0. The smallest absolute Gasteiger partial charge is 0.129 e. The van der Waals surface area contributed by atoms with Crippen molar-refractivity contribution in [1.82, 2.24) is 4.98 Å². The van der Waals surface area contributed by atoms with Crippen LogP contribution in [-0.2, 0) is 6.16 Å². The number of rotatable bonds is 5. The summed E-state index contributed by atoms with van der Waals surface area (Å²) in [7, 11) is -1.92. The molecule has 4 aromatic rings. The maximum Gasteiger partial charge on any atom is 0.129 e. The monoisotopic (exact) mass is 388 g/mol. The first-order chi connectivity index (χ1) is 13.3. The van der Waals surface area contributed by atoms with Crippen molar-refractivity contribution < 1.29 is 0 Å². The van der Waals surface area contributed by atoms with E-state index in [9.17, 15) is 0 Å². The second kappa shape index (κ2) is 8.05. The van der Waals surface area contributed by atoms with Crippen molar-refractivity contribution in [3.8, 4) is 0 Å². The molecule has 0 radical (unpaired) electrons. The largest absolute Gasteiger partial charge is 0.237 e. The molecule has 1 nitrogen and oxygen atoms in total. The first kappa shape index (κ1) is 17.9. The summed E-state index contributed by atoms with van der Waals surface area (Å²) in [4.78, 5) is 4.63. The van der Waals surface area contributed by atoms with Gasteiger partial charge in [0.1, 0.15) is 34.5 Å². The van der Waals surface area contributed by atoms with Crippen LogP contribution in [0.4, 0.5) is 0 Å². The standard InChI is InChI=1S/C24H20ClNP/c25-24-18-10-11-20(26-24)19-27(21-12-4-1-5-13-21,22-14-6-2-7-15-22)23-16-8-3-9-17-23/h1-18H,19H2/q+1. The third-order valence-electron chi connectivity index (χ3n) is 4.76. The average Bonchev–Trinajstić information content (AvgIpc) is 2.74. The molecule has 27 heavy (non-hydrogen) atoms. The first-order valence-corrected chi connectivity index (χ1v) is 11.3. The Morgan fingerprint density at radius 3 is 1.41 bits per heavy atom. The molecular weight excluding hydrogens is 369 g/mol. The molecule has 0 saturated heterocycles. The van der Waals surface area contributed by atoms with Gasteiger partial charge in [0.15, 0.2) is 0 Å². The Morgan fingerprint density at radius 1 is 0.556 bits per heavy atom. The number of benzene rings is 3. The van der Waals surface area contributed by atoms with Gasteiger partial charge in [0.2, 0.25) is 0 Å². The topological polar surface area (TPSA) is 12.9 Å². The van der Waals surface area contributed by atoms with Crippen molar-refractivity contribution >= 4 is 34.8 Å². The van der Waals surface area contributed by atoms with Crippen LogP contribution in [-0.4, -0.2) is 4.98 Å². The highest BCUT2D eigenvalue weighted by molar-refractivity contribution is 7.95. The normalized spacial score (nSPS) is 11.3. The van der Waals surface area contributed by atoms with Gasteiger partial charge in [0.25, 0.3) is 0 Å². The third kappa shape index (κ3) is 3.67. The average molecular weight is 389 g/mol. The summed E-state index contributed by atoms with van der Waals surface area (Å²) in [5.41, 5.74) is 1.02. The summed E-state index contributed by atoms with van der Waals surface area (Å²) in [6, 6.07) is 38.4. The van der Waals surface area contributed by atoms with Crippen LogP contribution in [0.1, 0.15) is 5.69 Å². The zero-order valence-electron chi connectivity index (χ0n) is 14.9. The van der Waals surface area contributed by atoms with E-state index < -0.39 is 7.26 Å². The molecule has 0 atom stereocenters. The Labute approximate surface area is 166 Å². The molecule has 0 N–H and O–H groups in total. The minimum absolute atomic E-state index is 0.541. The molecule has 0 amide bonds. The van der Waals surface area contributed by atoms with Gasteiger partial charge in [0.05, 0.1) is 5.69 Å². The van der Waals surface area contributed by atoms with Gasteiger partial charge >= 0.3 is 0 Å². The fourth-order valence-corrected chi connectivity index (χ4v) is 7.88. The first-order valence-electron chi connectivity index (χ1n) is 8.95. The summed E-state index contributed by atoms with van der Waals surface area (Å²) < 4.78 is 0. The Hall–Kier alpha value is -2.47. The van der Waals surface area contributed by atoms with E-state index in [4.69, 9.17) is 11.6 Å². The van der Waals surface area contributed by atoms with E-state index in [1.807, 2.05) is 12.1 Å². The van der Waals surface area contributed by atoms with Crippen molar-refractivity contribution in [3.05, 3.63) is 120 Å². The Balaban J connectivity index is 2.00. The molecule has 0 aliphatic rings. The lowest BCUT2D eigenvalue weighted by molar-refractivity contribution is 1.17. The lowest BCUT2D eigenvalue weighted by Crippen LogP contribution is -2.32. The predicted octanol–water partition coefficient (Wildman–Crippen LogP) is 5.23. The number of hydrogen-bond acceptors (Lipinski definition) is 1. The van der Waals surface area contributed by atoms with E-state index in [1.54, 1.807) is 0 Å². The Morgan fingerprint density at radius 2 is 1.00 bits per heavy atom. The second-order valence-corrected chi connectivity index (χ2v) is 10.3. The molecule has 1 aromatic heterocycles. The quantitative estimate of drug-likeness (QED) is 0.337. The molecule has 3 aromatic carbocycles. The van der Waals surface area contributed by atoms with Crippen LogP contribution in [0.15, 0.2) is 109 Å². The number of aromatic nitrogens is 1. The molecule has 0 fully saturated rings. The van der Waals surface area contributed by atoms with Crippen LogP contribution in [0.5, 0.6) is 0 Å². The van der Waals surface area contributed by atoms with Crippen LogP contribution in [0.2, 0.25) is 5.15 Å². The van der Waals surface area contributed by atoms with Crippen molar-refractivity contribution in [3.63, 3.8) is 0 Å². The van der Waals surface area contributed by atoms with Crippen LogP contribution in [0.3, 0.4) is 0 Å². The highest BCUT2D eigenvalue weighted by Crippen LogP contribution is 2.57. The van der Waals surface area contributed by atoms with Gasteiger partial charge in [-0.15, -0.1) is 0 Å². The molecular formula is C24H20ClNP+. The van der Waals surface area contributed by atoms with Crippen LogP contribution in [0.25, 0.3) is 0 Å². The van der Waals surface area contributed by atoms with E-state index in [1.165, 1.54) is 15.9 Å². The highest BCUT2D eigenvalue weighted by Gasteiger charge is 2.45. The minimum atomic E-state index is -1.92. The maximum absolute atomic E-state index is 6.21. The molecule has 3 heteroatoms. The molecule has 0 spiro atoms. The Bertz CT molecular complexity index is 907. The predicted molar refractivity (Wildman–Crippen MR) is 118 cm³/mol. The van der Waals surface area contributed by atoms with Crippen molar-refractivity contribution in [2.75, 3.05) is 0 Å². The van der Waals surface area contributed by atoms with E-state index >= 15 is 0 Å². The number of pyridine rings is 1. The van der Waals surface area contributed by atoms with E-state index in [2.05, 4.69) is 102 Å². The number of nitrogens with zero attached hydrogens (tertiary/aromatic N) is 1. The van der Waals surface area contributed by atoms with E-state index in [0.29, 0.717) is 5.15 Å². The van der Waals surface area contributed by atoms with Crippen LogP contribution < -0.4 is 15.9 Å². The zero-order chi connectivity index (χ0) is 18.5. The van der Waals surface area contributed by atoms with Gasteiger partial charge in [-0.25, -0.2) is 4.98 Å². The van der Waals surface area contributed by atoms with Crippen LogP contribution in [0, 0.1) is 0 Å². The van der Waals surface area contributed by atoms with Gasteiger partial charge < -0.3 is 0 Å². The molecule has 132 valence electrons. The lowest BCUT2D eigenvalue weighted by Gasteiger charge is -2.27. The van der Waals surface area contributed by atoms with Crippen molar-refractivity contribution in [2.24, 2.45) is 0 Å². The number of hydrogen-bond donors (Lipinski definition) is 0. The summed E-state index contributed by atoms with van der Waals surface area (Å²) >= 11 is 6.21. The molecule has 0 bridgehead atoms. The molecule has 0 saturated carbocycles. The van der Waals surface area contributed by atoms with Gasteiger partial charge in [0, 0.05) is 0 Å². The van der Waals surface area contributed by atoms with Crippen molar-refractivity contribution in [2.45, 2.75) is 6.16 Å². The number of halogens is 1. The van der Waals surface area contributed by atoms with Crippen LogP contribution >= 0.6 is 18.9 Å². The zero-order valence-corrected chi connectivity index (χ0v) is 16.5.